The van der Waals surface area contributed by atoms with E-state index in [4.69, 9.17) is 23.2 Å². The second-order valence-corrected chi connectivity index (χ2v) is 4.48. The third-order valence-corrected chi connectivity index (χ3v) is 3.03. The molecule has 94 valence electrons. The van der Waals surface area contributed by atoms with E-state index in [0.29, 0.717) is 17.3 Å². The summed E-state index contributed by atoms with van der Waals surface area (Å²) in [6, 6.07) is 8.11. The van der Waals surface area contributed by atoms with E-state index in [0.717, 1.165) is 5.56 Å². The van der Waals surface area contributed by atoms with E-state index >= 15 is 0 Å². The van der Waals surface area contributed by atoms with Gasteiger partial charge in [-0.25, -0.2) is 0 Å². The lowest BCUT2D eigenvalue weighted by atomic mass is 10.2. The molecule has 2 rings (SSSR count). The fraction of sp³-hybridized carbons (Fsp3) is 0.0833. The monoisotopic (exact) mass is 284 g/mol. The topological polar surface area (TPSA) is 65.1 Å². The van der Waals surface area contributed by atoms with Gasteiger partial charge in [-0.3, -0.25) is 4.79 Å². The maximum atomic E-state index is 11.7. The highest BCUT2D eigenvalue weighted by atomic mass is 35.5. The van der Waals surface area contributed by atoms with Gasteiger partial charge in [-0.2, -0.15) is 0 Å². The molecule has 1 amide bonds. The molecule has 0 bridgehead atoms. The van der Waals surface area contributed by atoms with Crippen LogP contribution in [0.3, 0.4) is 0 Å². The average molecular weight is 285 g/mol. The van der Waals surface area contributed by atoms with Gasteiger partial charge >= 0.3 is 0 Å². The first-order valence-electron chi connectivity index (χ1n) is 5.16. The maximum absolute atomic E-state index is 11.7. The number of amides is 1. The van der Waals surface area contributed by atoms with Crippen molar-refractivity contribution in [3.05, 3.63) is 51.8 Å². The van der Waals surface area contributed by atoms with Crippen molar-refractivity contribution in [2.45, 2.75) is 6.54 Å². The van der Waals surface area contributed by atoms with E-state index in [1.165, 1.54) is 6.07 Å². The standard InChI is InChI=1S/C12H10Cl2N2O2/c13-9-5-10(16-11(9)14)12(18)15-6-7-2-1-3-8(17)4-7/h1-5,16-17H,6H2,(H,15,18). The van der Waals surface area contributed by atoms with Gasteiger partial charge in [0.2, 0.25) is 0 Å². The number of phenolic OH excluding ortho intramolecular Hbond substituents is 1. The first-order chi connectivity index (χ1) is 8.56. The number of halogens is 2. The highest BCUT2D eigenvalue weighted by molar-refractivity contribution is 6.41. The summed E-state index contributed by atoms with van der Waals surface area (Å²) < 4.78 is 0. The van der Waals surface area contributed by atoms with Crippen LogP contribution in [0.1, 0.15) is 16.1 Å². The Morgan fingerprint density at radius 3 is 2.72 bits per heavy atom. The molecule has 0 unspecified atom stereocenters. The highest BCUT2D eigenvalue weighted by Crippen LogP contribution is 2.21. The Morgan fingerprint density at radius 2 is 2.11 bits per heavy atom. The molecule has 0 aliphatic rings. The molecular weight excluding hydrogens is 275 g/mol. The van der Waals surface area contributed by atoms with E-state index in [1.807, 2.05) is 0 Å². The predicted octanol–water partition coefficient (Wildman–Crippen LogP) is 2.96. The van der Waals surface area contributed by atoms with Gasteiger partial charge in [0.05, 0.1) is 5.02 Å². The number of hydrogen-bond acceptors (Lipinski definition) is 2. The molecule has 18 heavy (non-hydrogen) atoms. The number of nitrogens with one attached hydrogen (secondary N) is 2. The smallest absolute Gasteiger partial charge is 0.268 e. The lowest BCUT2D eigenvalue weighted by molar-refractivity contribution is 0.0946. The fourth-order valence-corrected chi connectivity index (χ4v) is 1.78. The number of H-pyrrole nitrogens is 1. The van der Waals surface area contributed by atoms with Gasteiger partial charge in [0.15, 0.2) is 0 Å². The highest BCUT2D eigenvalue weighted by Gasteiger charge is 2.11. The van der Waals surface area contributed by atoms with Crippen LogP contribution in [0, 0.1) is 0 Å². The average Bonchev–Trinajstić information content (AvgIpc) is 2.67. The minimum absolute atomic E-state index is 0.160. The number of carbonyl (C=O) groups is 1. The van der Waals surface area contributed by atoms with Crippen molar-refractivity contribution in [2.75, 3.05) is 0 Å². The van der Waals surface area contributed by atoms with E-state index in [9.17, 15) is 9.90 Å². The van der Waals surface area contributed by atoms with Crippen LogP contribution in [0.5, 0.6) is 5.75 Å². The summed E-state index contributed by atoms with van der Waals surface area (Å²) in [5, 5.41) is 12.5. The third kappa shape index (κ3) is 2.97. The molecule has 0 saturated heterocycles. The van der Waals surface area contributed by atoms with Gasteiger partial charge in [0.25, 0.3) is 5.91 Å². The van der Waals surface area contributed by atoms with Gasteiger partial charge < -0.3 is 15.4 Å². The Hall–Kier alpha value is -1.65. The fourth-order valence-electron chi connectivity index (χ4n) is 1.47. The molecule has 6 heteroatoms. The summed E-state index contributed by atoms with van der Waals surface area (Å²) in [5.41, 5.74) is 1.09. The Kier molecular flexibility index (Phi) is 3.79. The Morgan fingerprint density at radius 1 is 1.33 bits per heavy atom. The van der Waals surface area contributed by atoms with E-state index in [-0.39, 0.29) is 16.8 Å². The Balaban J connectivity index is 2.00. The largest absolute Gasteiger partial charge is 0.508 e. The third-order valence-electron chi connectivity index (χ3n) is 2.33. The van der Waals surface area contributed by atoms with Crippen LogP contribution in [0.2, 0.25) is 10.2 Å². The number of benzene rings is 1. The Labute approximate surface area is 114 Å². The molecule has 4 nitrogen and oxygen atoms in total. The van der Waals surface area contributed by atoms with Gasteiger partial charge in [-0.15, -0.1) is 0 Å². The SMILES string of the molecule is O=C(NCc1cccc(O)c1)c1cc(Cl)c(Cl)[nH]1. The normalized spacial score (nSPS) is 10.3. The molecule has 1 aromatic heterocycles. The minimum atomic E-state index is -0.313. The summed E-state index contributed by atoms with van der Waals surface area (Å²) in [4.78, 5) is 14.4. The lowest BCUT2D eigenvalue weighted by Gasteiger charge is -2.04. The molecule has 3 N–H and O–H groups in total. The van der Waals surface area contributed by atoms with Crippen molar-refractivity contribution in [2.24, 2.45) is 0 Å². The first kappa shape index (κ1) is 12.8. The van der Waals surface area contributed by atoms with Gasteiger partial charge in [-0.1, -0.05) is 35.3 Å². The molecule has 1 aromatic carbocycles. The number of rotatable bonds is 3. The molecule has 0 fully saturated rings. The second-order valence-electron chi connectivity index (χ2n) is 3.70. The molecule has 0 saturated carbocycles. The van der Waals surface area contributed by atoms with Crippen LogP contribution >= 0.6 is 23.2 Å². The molecule has 2 aromatic rings. The summed E-state index contributed by atoms with van der Waals surface area (Å²) in [6.07, 6.45) is 0. The molecule has 0 atom stereocenters. The quantitative estimate of drug-likeness (QED) is 0.811. The van der Waals surface area contributed by atoms with Crippen LogP contribution in [0.4, 0.5) is 0 Å². The van der Waals surface area contributed by atoms with Crippen molar-refractivity contribution in [3.8, 4) is 5.75 Å². The zero-order valence-electron chi connectivity index (χ0n) is 9.21. The minimum Gasteiger partial charge on any atom is -0.508 e. The molecule has 0 aliphatic heterocycles. The molecule has 0 aliphatic carbocycles. The van der Waals surface area contributed by atoms with Crippen LogP contribution in [0.25, 0.3) is 0 Å². The summed E-state index contributed by atoms with van der Waals surface area (Å²) in [5.74, 6) is -0.153. The number of aromatic amines is 1. The van der Waals surface area contributed by atoms with Crippen LogP contribution in [-0.2, 0) is 6.54 Å². The number of phenols is 1. The first-order valence-corrected chi connectivity index (χ1v) is 5.92. The van der Waals surface area contributed by atoms with Gasteiger partial charge in [0, 0.05) is 6.54 Å². The number of carbonyl (C=O) groups excluding carboxylic acids is 1. The van der Waals surface area contributed by atoms with Gasteiger partial charge in [-0.05, 0) is 23.8 Å². The maximum Gasteiger partial charge on any atom is 0.268 e. The van der Waals surface area contributed by atoms with Crippen molar-refractivity contribution in [1.29, 1.82) is 0 Å². The number of aromatic nitrogens is 1. The molecule has 0 radical (unpaired) electrons. The zero-order chi connectivity index (χ0) is 13.1. The van der Waals surface area contributed by atoms with Crippen molar-refractivity contribution in [3.63, 3.8) is 0 Å². The van der Waals surface area contributed by atoms with Crippen LogP contribution in [-0.4, -0.2) is 16.0 Å². The summed E-state index contributed by atoms with van der Waals surface area (Å²) in [6.45, 7) is 0.307. The van der Waals surface area contributed by atoms with Gasteiger partial charge in [0.1, 0.15) is 16.6 Å². The number of aromatic hydroxyl groups is 1. The Bertz CT molecular complexity index is 562. The van der Waals surface area contributed by atoms with E-state index in [1.54, 1.807) is 24.3 Å². The van der Waals surface area contributed by atoms with Crippen molar-refractivity contribution in [1.82, 2.24) is 10.3 Å². The predicted molar refractivity (Wildman–Crippen MR) is 70.1 cm³/mol. The molecule has 0 spiro atoms. The second kappa shape index (κ2) is 5.33. The zero-order valence-corrected chi connectivity index (χ0v) is 10.7. The number of hydrogen-bond donors (Lipinski definition) is 3. The lowest BCUT2D eigenvalue weighted by Crippen LogP contribution is -2.23. The van der Waals surface area contributed by atoms with Crippen molar-refractivity contribution < 1.29 is 9.90 Å². The van der Waals surface area contributed by atoms with E-state index in [2.05, 4.69) is 10.3 Å². The molecule has 1 heterocycles. The van der Waals surface area contributed by atoms with E-state index < -0.39 is 0 Å². The summed E-state index contributed by atoms with van der Waals surface area (Å²) >= 11 is 11.4. The van der Waals surface area contributed by atoms with Crippen LogP contribution < -0.4 is 5.32 Å². The summed E-state index contributed by atoms with van der Waals surface area (Å²) in [7, 11) is 0. The van der Waals surface area contributed by atoms with Crippen molar-refractivity contribution >= 4 is 29.1 Å². The molecular formula is C12H10Cl2N2O2. The van der Waals surface area contributed by atoms with Crippen LogP contribution in [0.15, 0.2) is 30.3 Å².